The summed E-state index contributed by atoms with van der Waals surface area (Å²) in [4.78, 5) is 11.5. The molecule has 0 saturated heterocycles. The SMILES string of the molecule is Cl.NCCCNC(=O)CC1CCCCCC1. The number of nitrogens with one attached hydrogen (secondary N) is 1. The minimum atomic E-state index is 0. The van der Waals surface area contributed by atoms with Gasteiger partial charge in [0.2, 0.25) is 5.91 Å². The molecule has 1 amide bonds. The molecule has 1 saturated carbocycles. The van der Waals surface area contributed by atoms with Crippen LogP contribution in [0.3, 0.4) is 0 Å². The Balaban J connectivity index is 0.00000225. The van der Waals surface area contributed by atoms with E-state index in [9.17, 15) is 4.79 Å². The van der Waals surface area contributed by atoms with Crippen LogP contribution in [-0.2, 0) is 4.79 Å². The second-order valence-electron chi connectivity index (χ2n) is 4.55. The Kier molecular flexibility index (Phi) is 9.74. The van der Waals surface area contributed by atoms with Gasteiger partial charge in [0.25, 0.3) is 0 Å². The summed E-state index contributed by atoms with van der Waals surface area (Å²) in [6.07, 6.45) is 9.41. The minimum absolute atomic E-state index is 0. The lowest BCUT2D eigenvalue weighted by molar-refractivity contribution is -0.122. The summed E-state index contributed by atoms with van der Waals surface area (Å²) in [6.45, 7) is 1.39. The van der Waals surface area contributed by atoms with Crippen LogP contribution in [0.4, 0.5) is 0 Å². The Morgan fingerprint density at radius 3 is 2.38 bits per heavy atom. The predicted octanol–water partition coefficient (Wildman–Crippen LogP) is 2.23. The Morgan fingerprint density at radius 1 is 1.19 bits per heavy atom. The van der Waals surface area contributed by atoms with Gasteiger partial charge in [0, 0.05) is 13.0 Å². The molecule has 96 valence electrons. The van der Waals surface area contributed by atoms with E-state index in [2.05, 4.69) is 5.32 Å². The summed E-state index contributed by atoms with van der Waals surface area (Å²) < 4.78 is 0. The van der Waals surface area contributed by atoms with Crippen LogP contribution in [0.1, 0.15) is 51.4 Å². The molecule has 0 unspecified atom stereocenters. The average Bonchev–Trinajstić information content (AvgIpc) is 2.47. The van der Waals surface area contributed by atoms with Gasteiger partial charge in [-0.25, -0.2) is 0 Å². The summed E-state index contributed by atoms with van der Waals surface area (Å²) in [5, 5.41) is 2.93. The van der Waals surface area contributed by atoms with Crippen LogP contribution >= 0.6 is 12.4 Å². The second kappa shape index (κ2) is 9.91. The molecule has 0 heterocycles. The first-order valence-electron chi connectivity index (χ1n) is 6.29. The van der Waals surface area contributed by atoms with Gasteiger partial charge in [-0.1, -0.05) is 25.7 Å². The molecule has 1 fully saturated rings. The molecule has 1 aliphatic rings. The fraction of sp³-hybridized carbons (Fsp3) is 0.917. The quantitative estimate of drug-likeness (QED) is 0.579. The summed E-state index contributed by atoms with van der Waals surface area (Å²) in [6, 6.07) is 0. The highest BCUT2D eigenvalue weighted by Crippen LogP contribution is 2.25. The predicted molar refractivity (Wildman–Crippen MR) is 69.7 cm³/mol. The Labute approximate surface area is 105 Å². The molecule has 1 rings (SSSR count). The Bertz CT molecular complexity index is 180. The first-order chi connectivity index (χ1) is 7.33. The van der Waals surface area contributed by atoms with Gasteiger partial charge in [-0.05, 0) is 31.7 Å². The van der Waals surface area contributed by atoms with Gasteiger partial charge in [0.1, 0.15) is 0 Å². The molecule has 3 nitrogen and oxygen atoms in total. The van der Waals surface area contributed by atoms with Crippen molar-refractivity contribution in [2.45, 2.75) is 51.4 Å². The molecule has 0 aromatic carbocycles. The van der Waals surface area contributed by atoms with Crippen molar-refractivity contribution in [2.75, 3.05) is 13.1 Å². The maximum atomic E-state index is 11.5. The lowest BCUT2D eigenvalue weighted by atomic mass is 9.96. The molecule has 3 N–H and O–H groups in total. The zero-order valence-electron chi connectivity index (χ0n) is 10.0. The lowest BCUT2D eigenvalue weighted by Crippen LogP contribution is -2.27. The normalized spacial score (nSPS) is 17.3. The number of halogens is 1. The van der Waals surface area contributed by atoms with Crippen LogP contribution in [0.2, 0.25) is 0 Å². The number of amides is 1. The molecule has 0 bridgehead atoms. The zero-order valence-corrected chi connectivity index (χ0v) is 10.9. The van der Waals surface area contributed by atoms with E-state index >= 15 is 0 Å². The van der Waals surface area contributed by atoms with Crippen molar-refractivity contribution < 1.29 is 4.79 Å². The maximum absolute atomic E-state index is 11.5. The van der Waals surface area contributed by atoms with E-state index in [0.29, 0.717) is 12.5 Å². The molecule has 4 heteroatoms. The standard InChI is InChI=1S/C12H24N2O.ClH/c13-8-5-9-14-12(15)10-11-6-3-1-2-4-7-11;/h11H,1-10,13H2,(H,14,15);1H. The van der Waals surface area contributed by atoms with Crippen molar-refractivity contribution in [1.82, 2.24) is 5.32 Å². The third kappa shape index (κ3) is 7.07. The van der Waals surface area contributed by atoms with E-state index in [0.717, 1.165) is 19.4 Å². The van der Waals surface area contributed by atoms with Gasteiger partial charge in [-0.3, -0.25) is 4.79 Å². The van der Waals surface area contributed by atoms with Gasteiger partial charge in [0.05, 0.1) is 0 Å². The van der Waals surface area contributed by atoms with E-state index in [1.54, 1.807) is 0 Å². The van der Waals surface area contributed by atoms with E-state index in [1.165, 1.54) is 38.5 Å². The van der Waals surface area contributed by atoms with Crippen molar-refractivity contribution >= 4 is 18.3 Å². The highest BCUT2D eigenvalue weighted by atomic mass is 35.5. The van der Waals surface area contributed by atoms with Gasteiger partial charge in [-0.15, -0.1) is 12.4 Å². The molecule has 0 radical (unpaired) electrons. The van der Waals surface area contributed by atoms with Crippen molar-refractivity contribution in [2.24, 2.45) is 11.7 Å². The van der Waals surface area contributed by atoms with Crippen LogP contribution in [0, 0.1) is 5.92 Å². The second-order valence-corrected chi connectivity index (χ2v) is 4.55. The largest absolute Gasteiger partial charge is 0.356 e. The number of rotatable bonds is 5. The van der Waals surface area contributed by atoms with Crippen molar-refractivity contribution in [1.29, 1.82) is 0 Å². The number of carbonyl (C=O) groups excluding carboxylic acids is 1. The van der Waals surface area contributed by atoms with Crippen LogP contribution in [-0.4, -0.2) is 19.0 Å². The molecule has 0 aromatic rings. The maximum Gasteiger partial charge on any atom is 0.220 e. The van der Waals surface area contributed by atoms with E-state index in [-0.39, 0.29) is 18.3 Å². The van der Waals surface area contributed by atoms with Gasteiger partial charge in [-0.2, -0.15) is 0 Å². The van der Waals surface area contributed by atoms with Crippen LogP contribution in [0.25, 0.3) is 0 Å². The number of nitrogens with two attached hydrogens (primary N) is 1. The first-order valence-corrected chi connectivity index (χ1v) is 6.29. The summed E-state index contributed by atoms with van der Waals surface area (Å²) in [7, 11) is 0. The monoisotopic (exact) mass is 248 g/mol. The average molecular weight is 249 g/mol. The topological polar surface area (TPSA) is 55.1 Å². The fourth-order valence-electron chi connectivity index (χ4n) is 2.23. The molecule has 0 aromatic heterocycles. The molecular weight excluding hydrogens is 224 g/mol. The molecule has 16 heavy (non-hydrogen) atoms. The van der Waals surface area contributed by atoms with Gasteiger partial charge in [0.15, 0.2) is 0 Å². The highest BCUT2D eigenvalue weighted by molar-refractivity contribution is 5.85. The minimum Gasteiger partial charge on any atom is -0.356 e. The van der Waals surface area contributed by atoms with Crippen LogP contribution < -0.4 is 11.1 Å². The van der Waals surface area contributed by atoms with Gasteiger partial charge >= 0.3 is 0 Å². The number of hydrogen-bond donors (Lipinski definition) is 2. The zero-order chi connectivity index (χ0) is 10.9. The Morgan fingerprint density at radius 2 is 1.81 bits per heavy atom. The Hall–Kier alpha value is -0.280. The molecular formula is C12H25ClN2O. The van der Waals surface area contributed by atoms with Gasteiger partial charge < -0.3 is 11.1 Å². The summed E-state index contributed by atoms with van der Waals surface area (Å²) in [5.74, 6) is 0.848. The molecule has 0 spiro atoms. The van der Waals surface area contributed by atoms with Crippen molar-refractivity contribution in [3.8, 4) is 0 Å². The highest BCUT2D eigenvalue weighted by Gasteiger charge is 2.15. The summed E-state index contributed by atoms with van der Waals surface area (Å²) >= 11 is 0. The first kappa shape index (κ1) is 15.7. The van der Waals surface area contributed by atoms with E-state index in [1.807, 2.05) is 0 Å². The number of carbonyl (C=O) groups is 1. The van der Waals surface area contributed by atoms with Crippen molar-refractivity contribution in [3.05, 3.63) is 0 Å². The fourth-order valence-corrected chi connectivity index (χ4v) is 2.23. The third-order valence-corrected chi connectivity index (χ3v) is 3.15. The van der Waals surface area contributed by atoms with Crippen molar-refractivity contribution in [3.63, 3.8) is 0 Å². The van der Waals surface area contributed by atoms with Crippen LogP contribution in [0.15, 0.2) is 0 Å². The van der Waals surface area contributed by atoms with Crippen LogP contribution in [0.5, 0.6) is 0 Å². The van der Waals surface area contributed by atoms with E-state index in [4.69, 9.17) is 5.73 Å². The molecule has 0 aliphatic heterocycles. The number of hydrogen-bond acceptors (Lipinski definition) is 2. The lowest BCUT2D eigenvalue weighted by Gasteiger charge is -2.13. The van der Waals surface area contributed by atoms with E-state index < -0.39 is 0 Å². The third-order valence-electron chi connectivity index (χ3n) is 3.15. The smallest absolute Gasteiger partial charge is 0.220 e. The molecule has 0 atom stereocenters. The molecule has 1 aliphatic carbocycles. The summed E-state index contributed by atoms with van der Waals surface area (Å²) in [5.41, 5.74) is 5.37.